The van der Waals surface area contributed by atoms with Gasteiger partial charge in [0.1, 0.15) is 12.4 Å². The summed E-state index contributed by atoms with van der Waals surface area (Å²) < 4.78 is 30.9. The number of carbonyl (C=O) groups excluding carboxylic acids is 1. The summed E-state index contributed by atoms with van der Waals surface area (Å²) in [5, 5.41) is 2.00. The molecule has 0 bridgehead atoms. The first-order valence-electron chi connectivity index (χ1n) is 8.90. The predicted molar refractivity (Wildman–Crippen MR) is 107 cm³/mol. The van der Waals surface area contributed by atoms with Gasteiger partial charge in [-0.05, 0) is 48.4 Å². The van der Waals surface area contributed by atoms with Crippen LogP contribution in [-0.2, 0) is 16.6 Å². The Morgan fingerprint density at radius 3 is 2.93 bits per heavy atom. The highest BCUT2D eigenvalue weighted by atomic mass is 32.2. The van der Waals surface area contributed by atoms with Crippen molar-refractivity contribution in [2.45, 2.75) is 19.4 Å². The molecule has 2 aromatic rings. The standard InChI is InChI=1S/C19H24N2O4S2/c1-27(23,24)20-12-15-5-3-9-21(13-15)19(22)16-6-2-7-17(11-16)25-14-18-8-4-10-26-18/h2,4,6-8,10-11,15,20H,3,5,9,12-14H2,1H3. The van der Waals surface area contributed by atoms with E-state index >= 15 is 0 Å². The van der Waals surface area contributed by atoms with Crippen LogP contribution in [0.2, 0.25) is 0 Å². The first-order chi connectivity index (χ1) is 12.9. The van der Waals surface area contributed by atoms with Crippen LogP contribution >= 0.6 is 11.3 Å². The molecule has 1 aliphatic heterocycles. The van der Waals surface area contributed by atoms with Crippen LogP contribution in [0.3, 0.4) is 0 Å². The minimum atomic E-state index is -3.21. The minimum absolute atomic E-state index is 0.0411. The Kier molecular flexibility index (Phi) is 6.51. The highest BCUT2D eigenvalue weighted by Gasteiger charge is 2.25. The summed E-state index contributed by atoms with van der Waals surface area (Å²) >= 11 is 1.63. The zero-order chi connectivity index (χ0) is 19.3. The lowest BCUT2D eigenvalue weighted by atomic mass is 9.97. The molecule has 1 fully saturated rings. The summed E-state index contributed by atoms with van der Waals surface area (Å²) in [4.78, 5) is 15.8. The Balaban J connectivity index is 1.60. The maximum absolute atomic E-state index is 12.9. The van der Waals surface area contributed by atoms with Crippen molar-refractivity contribution in [1.82, 2.24) is 9.62 Å². The van der Waals surface area contributed by atoms with E-state index in [0.29, 0.717) is 37.6 Å². The molecule has 3 rings (SSSR count). The molecular weight excluding hydrogens is 384 g/mol. The number of nitrogens with one attached hydrogen (secondary N) is 1. The molecule has 0 radical (unpaired) electrons. The van der Waals surface area contributed by atoms with E-state index in [9.17, 15) is 13.2 Å². The summed E-state index contributed by atoms with van der Waals surface area (Å²) in [5.74, 6) is 0.762. The molecule has 0 aliphatic carbocycles. The van der Waals surface area contributed by atoms with Gasteiger partial charge in [0.2, 0.25) is 10.0 Å². The van der Waals surface area contributed by atoms with Crippen LogP contribution in [-0.4, -0.2) is 45.1 Å². The Morgan fingerprint density at radius 1 is 1.33 bits per heavy atom. The van der Waals surface area contributed by atoms with E-state index in [4.69, 9.17) is 4.74 Å². The van der Waals surface area contributed by atoms with Gasteiger partial charge in [-0.25, -0.2) is 13.1 Å². The number of carbonyl (C=O) groups is 1. The molecule has 0 spiro atoms. The fraction of sp³-hybridized carbons (Fsp3) is 0.421. The van der Waals surface area contributed by atoms with Gasteiger partial charge in [-0.2, -0.15) is 0 Å². The van der Waals surface area contributed by atoms with Crippen LogP contribution in [0.1, 0.15) is 28.1 Å². The number of hydrogen-bond acceptors (Lipinski definition) is 5. The van der Waals surface area contributed by atoms with Crippen molar-refractivity contribution < 1.29 is 17.9 Å². The fourth-order valence-electron chi connectivity index (χ4n) is 3.14. The van der Waals surface area contributed by atoms with Gasteiger partial charge >= 0.3 is 0 Å². The van der Waals surface area contributed by atoms with Crippen molar-refractivity contribution in [2.24, 2.45) is 5.92 Å². The lowest BCUT2D eigenvalue weighted by Gasteiger charge is -2.33. The second-order valence-corrected chi connectivity index (χ2v) is 9.64. The molecule has 1 saturated heterocycles. The van der Waals surface area contributed by atoms with E-state index in [1.165, 1.54) is 0 Å². The second kappa shape index (κ2) is 8.86. The maximum atomic E-state index is 12.9. The second-order valence-electron chi connectivity index (χ2n) is 6.78. The van der Waals surface area contributed by atoms with E-state index in [2.05, 4.69) is 4.72 Å². The predicted octanol–water partition coefficient (Wildman–Crippen LogP) is 2.73. The summed E-state index contributed by atoms with van der Waals surface area (Å²) in [6.45, 7) is 2.10. The van der Waals surface area contributed by atoms with Gasteiger partial charge in [0.25, 0.3) is 5.91 Å². The van der Waals surface area contributed by atoms with E-state index in [1.54, 1.807) is 28.4 Å². The van der Waals surface area contributed by atoms with Crippen molar-refractivity contribution >= 4 is 27.3 Å². The third-order valence-electron chi connectivity index (χ3n) is 4.48. The number of benzene rings is 1. The molecule has 1 amide bonds. The summed E-state index contributed by atoms with van der Waals surface area (Å²) in [7, 11) is -3.21. The Bertz CT molecular complexity index is 866. The van der Waals surface area contributed by atoms with E-state index in [1.807, 2.05) is 29.6 Å². The number of thiophene rings is 1. The molecule has 2 heterocycles. The van der Waals surface area contributed by atoms with Crippen LogP contribution in [0.25, 0.3) is 0 Å². The quantitative estimate of drug-likeness (QED) is 0.764. The van der Waals surface area contributed by atoms with Crippen LogP contribution in [0, 0.1) is 5.92 Å². The normalized spacial score (nSPS) is 17.7. The van der Waals surface area contributed by atoms with Gasteiger partial charge in [-0.15, -0.1) is 11.3 Å². The van der Waals surface area contributed by atoms with E-state index < -0.39 is 10.0 Å². The summed E-state index contributed by atoms with van der Waals surface area (Å²) in [6, 6.07) is 11.2. The van der Waals surface area contributed by atoms with Gasteiger partial charge in [-0.1, -0.05) is 12.1 Å². The van der Waals surface area contributed by atoms with Crippen molar-refractivity contribution in [3.63, 3.8) is 0 Å². The first-order valence-corrected chi connectivity index (χ1v) is 11.7. The molecule has 1 atom stereocenters. The third kappa shape index (κ3) is 6.05. The van der Waals surface area contributed by atoms with Gasteiger partial charge in [0, 0.05) is 30.1 Å². The number of amides is 1. The van der Waals surface area contributed by atoms with Gasteiger partial charge in [-0.3, -0.25) is 4.79 Å². The molecule has 0 saturated carbocycles. The van der Waals surface area contributed by atoms with Crippen LogP contribution in [0.4, 0.5) is 0 Å². The number of hydrogen-bond donors (Lipinski definition) is 1. The first kappa shape index (κ1) is 19.9. The third-order valence-corrected chi connectivity index (χ3v) is 6.02. The molecule has 1 N–H and O–H groups in total. The van der Waals surface area contributed by atoms with Crippen LogP contribution in [0.15, 0.2) is 41.8 Å². The van der Waals surface area contributed by atoms with Gasteiger partial charge in [0.05, 0.1) is 6.26 Å². The number of nitrogens with zero attached hydrogens (tertiary/aromatic N) is 1. The fourth-order valence-corrected chi connectivity index (χ4v) is 4.29. The largest absolute Gasteiger partial charge is 0.488 e. The number of piperidine rings is 1. The van der Waals surface area contributed by atoms with Gasteiger partial charge < -0.3 is 9.64 Å². The van der Waals surface area contributed by atoms with Crippen molar-refractivity contribution in [1.29, 1.82) is 0 Å². The minimum Gasteiger partial charge on any atom is -0.488 e. The molecule has 1 unspecified atom stereocenters. The molecule has 146 valence electrons. The number of ether oxygens (including phenoxy) is 1. The number of rotatable bonds is 7. The molecular formula is C19H24N2O4S2. The molecule has 1 aromatic carbocycles. The highest BCUT2D eigenvalue weighted by Crippen LogP contribution is 2.21. The number of sulfonamides is 1. The molecule has 1 aliphatic rings. The molecule has 1 aromatic heterocycles. The molecule has 8 heteroatoms. The van der Waals surface area contributed by atoms with Crippen LogP contribution in [0.5, 0.6) is 5.75 Å². The average Bonchev–Trinajstić information content (AvgIpc) is 3.18. The van der Waals surface area contributed by atoms with E-state index in [0.717, 1.165) is 24.0 Å². The lowest BCUT2D eigenvalue weighted by Crippen LogP contribution is -2.43. The van der Waals surface area contributed by atoms with Crippen LogP contribution < -0.4 is 9.46 Å². The highest BCUT2D eigenvalue weighted by molar-refractivity contribution is 7.88. The van der Waals surface area contributed by atoms with Crippen molar-refractivity contribution in [3.8, 4) is 5.75 Å². The number of likely N-dealkylation sites (tertiary alicyclic amines) is 1. The monoisotopic (exact) mass is 408 g/mol. The SMILES string of the molecule is CS(=O)(=O)NCC1CCCN(C(=O)c2cccc(OCc3cccs3)c2)C1. The van der Waals surface area contributed by atoms with Crippen molar-refractivity contribution in [3.05, 3.63) is 52.2 Å². The van der Waals surface area contributed by atoms with E-state index in [-0.39, 0.29) is 11.8 Å². The Labute approximate surface area is 164 Å². The lowest BCUT2D eigenvalue weighted by molar-refractivity contribution is 0.0676. The zero-order valence-corrected chi connectivity index (χ0v) is 16.9. The topological polar surface area (TPSA) is 75.7 Å². The Morgan fingerprint density at radius 2 is 2.19 bits per heavy atom. The molecule has 27 heavy (non-hydrogen) atoms. The Hall–Kier alpha value is -1.90. The van der Waals surface area contributed by atoms with Crippen molar-refractivity contribution in [2.75, 3.05) is 25.9 Å². The van der Waals surface area contributed by atoms with Gasteiger partial charge in [0.15, 0.2) is 0 Å². The molecule has 6 nitrogen and oxygen atoms in total. The zero-order valence-electron chi connectivity index (χ0n) is 15.3. The maximum Gasteiger partial charge on any atom is 0.253 e. The smallest absolute Gasteiger partial charge is 0.253 e. The summed E-state index contributed by atoms with van der Waals surface area (Å²) in [6.07, 6.45) is 2.94. The summed E-state index contributed by atoms with van der Waals surface area (Å²) in [5.41, 5.74) is 0.593. The average molecular weight is 409 g/mol.